The molecule has 2 fully saturated rings. The number of benzene rings is 2. The van der Waals surface area contributed by atoms with Crippen molar-refractivity contribution in [3.05, 3.63) is 35.4 Å². The Morgan fingerprint density at radius 2 is 1.28 bits per heavy atom. The number of rotatable bonds is 14. The zero-order valence-electron chi connectivity index (χ0n) is 23.4. The standard InChI is InChI=1S/C28H39O10P/c1-6-7-8-9-12-34-25-17-20(18-26(28(25)33-5)38-39(29)35-13-14-36-39)22-11-10-21(37-22)19-15-23(30-2)27(32-4)24(16-19)31-3/h15-18,21-22H,6-14H2,1-5H3/t21-,22-/m1/s1. The van der Waals surface area contributed by atoms with Gasteiger partial charge in [-0.2, -0.15) is 0 Å². The van der Waals surface area contributed by atoms with Gasteiger partial charge >= 0.3 is 7.82 Å². The first-order valence-corrected chi connectivity index (χ1v) is 14.8. The molecule has 2 atom stereocenters. The van der Waals surface area contributed by atoms with Crippen molar-refractivity contribution in [1.29, 1.82) is 0 Å². The number of hydrogen-bond acceptors (Lipinski definition) is 10. The van der Waals surface area contributed by atoms with Crippen molar-refractivity contribution in [3.8, 4) is 34.5 Å². The van der Waals surface area contributed by atoms with Crippen LogP contribution in [0.1, 0.15) is 68.8 Å². The van der Waals surface area contributed by atoms with Gasteiger partial charge in [0.15, 0.2) is 23.0 Å². The Hall–Kier alpha value is -2.65. The predicted octanol–water partition coefficient (Wildman–Crippen LogP) is 6.81. The van der Waals surface area contributed by atoms with Crippen molar-refractivity contribution in [2.75, 3.05) is 48.3 Å². The fraction of sp³-hybridized carbons (Fsp3) is 0.571. The summed E-state index contributed by atoms with van der Waals surface area (Å²) in [4.78, 5) is 0. The largest absolute Gasteiger partial charge is 0.530 e. The summed E-state index contributed by atoms with van der Waals surface area (Å²) in [5.74, 6) is 2.72. The van der Waals surface area contributed by atoms with E-state index < -0.39 is 7.82 Å². The highest BCUT2D eigenvalue weighted by Gasteiger charge is 2.37. The van der Waals surface area contributed by atoms with E-state index in [0.717, 1.165) is 49.7 Å². The second-order valence-corrected chi connectivity index (χ2v) is 10.9. The summed E-state index contributed by atoms with van der Waals surface area (Å²) in [5, 5.41) is 0. The number of methoxy groups -OCH3 is 4. The Morgan fingerprint density at radius 3 is 1.82 bits per heavy atom. The molecular formula is C28H39O10P. The molecule has 0 aromatic heterocycles. The van der Waals surface area contributed by atoms with Crippen molar-refractivity contribution in [2.24, 2.45) is 0 Å². The van der Waals surface area contributed by atoms with Gasteiger partial charge in [-0.25, -0.2) is 4.57 Å². The summed E-state index contributed by atoms with van der Waals surface area (Å²) in [6.45, 7) is 3.08. The van der Waals surface area contributed by atoms with Crippen LogP contribution < -0.4 is 28.2 Å². The predicted molar refractivity (Wildman–Crippen MR) is 145 cm³/mol. The Morgan fingerprint density at radius 1 is 0.744 bits per heavy atom. The van der Waals surface area contributed by atoms with Gasteiger partial charge in [-0.15, -0.1) is 0 Å². The van der Waals surface area contributed by atoms with E-state index in [4.69, 9.17) is 42.0 Å². The molecule has 39 heavy (non-hydrogen) atoms. The molecule has 11 heteroatoms. The molecule has 0 aliphatic carbocycles. The topological polar surface area (TPSA) is 100 Å². The van der Waals surface area contributed by atoms with E-state index in [0.29, 0.717) is 35.4 Å². The first kappa shape index (κ1) is 29.3. The average Bonchev–Trinajstić information content (AvgIpc) is 3.61. The van der Waals surface area contributed by atoms with Crippen LogP contribution in [0.5, 0.6) is 34.5 Å². The minimum atomic E-state index is -3.75. The lowest BCUT2D eigenvalue weighted by Gasteiger charge is -2.21. The van der Waals surface area contributed by atoms with Crippen molar-refractivity contribution >= 4 is 7.82 Å². The molecule has 0 N–H and O–H groups in total. The second-order valence-electron chi connectivity index (χ2n) is 9.31. The fourth-order valence-corrected chi connectivity index (χ4v) is 5.95. The molecule has 0 unspecified atom stereocenters. The third-order valence-corrected chi connectivity index (χ3v) is 8.16. The molecule has 216 valence electrons. The molecule has 2 aliphatic heterocycles. The van der Waals surface area contributed by atoms with Crippen LogP contribution in [0.3, 0.4) is 0 Å². The molecule has 0 bridgehead atoms. The zero-order valence-corrected chi connectivity index (χ0v) is 24.3. The molecule has 2 saturated heterocycles. The molecule has 2 aromatic rings. The average molecular weight is 567 g/mol. The highest BCUT2D eigenvalue weighted by atomic mass is 31.2. The third-order valence-electron chi connectivity index (χ3n) is 6.75. The highest BCUT2D eigenvalue weighted by molar-refractivity contribution is 7.49. The lowest BCUT2D eigenvalue weighted by Crippen LogP contribution is -2.06. The Kier molecular flexibility index (Phi) is 10.2. The highest BCUT2D eigenvalue weighted by Crippen LogP contribution is 2.56. The molecule has 10 nitrogen and oxygen atoms in total. The van der Waals surface area contributed by atoms with Gasteiger partial charge in [-0.3, -0.25) is 9.05 Å². The summed E-state index contributed by atoms with van der Waals surface area (Å²) in [7, 11) is 2.52. The number of ether oxygens (including phenoxy) is 6. The van der Waals surface area contributed by atoms with Crippen LogP contribution in [-0.4, -0.2) is 48.3 Å². The van der Waals surface area contributed by atoms with Crippen molar-refractivity contribution in [2.45, 2.75) is 57.7 Å². The van der Waals surface area contributed by atoms with Gasteiger partial charge in [0.25, 0.3) is 0 Å². The minimum Gasteiger partial charge on any atom is -0.493 e. The van der Waals surface area contributed by atoms with E-state index >= 15 is 0 Å². The van der Waals surface area contributed by atoms with Crippen LogP contribution >= 0.6 is 7.82 Å². The number of unbranched alkanes of at least 4 members (excludes halogenated alkanes) is 3. The molecule has 0 radical (unpaired) electrons. The smallest absolute Gasteiger partial charge is 0.493 e. The van der Waals surface area contributed by atoms with E-state index in [1.807, 2.05) is 18.2 Å². The molecule has 4 rings (SSSR count). The quantitative estimate of drug-likeness (QED) is 0.179. The van der Waals surface area contributed by atoms with Crippen molar-refractivity contribution < 1.29 is 46.6 Å². The van der Waals surface area contributed by atoms with Gasteiger partial charge < -0.3 is 32.9 Å². The van der Waals surface area contributed by atoms with Gasteiger partial charge in [0.2, 0.25) is 11.5 Å². The molecule has 0 spiro atoms. The molecule has 0 amide bonds. The summed E-state index contributed by atoms with van der Waals surface area (Å²) in [6, 6.07) is 7.47. The first-order chi connectivity index (χ1) is 18.9. The van der Waals surface area contributed by atoms with E-state index in [2.05, 4.69) is 6.92 Å². The van der Waals surface area contributed by atoms with Gasteiger partial charge in [0.1, 0.15) is 0 Å². The maximum atomic E-state index is 12.9. The maximum absolute atomic E-state index is 12.9. The first-order valence-electron chi connectivity index (χ1n) is 13.3. The van der Waals surface area contributed by atoms with Gasteiger partial charge in [0.05, 0.1) is 60.5 Å². The third kappa shape index (κ3) is 6.92. The van der Waals surface area contributed by atoms with E-state index in [1.54, 1.807) is 27.4 Å². The van der Waals surface area contributed by atoms with Crippen LogP contribution in [-0.2, 0) is 18.3 Å². The van der Waals surface area contributed by atoms with Gasteiger partial charge in [-0.05, 0) is 54.7 Å². The lowest BCUT2D eigenvalue weighted by atomic mass is 10.0. The molecule has 2 aliphatic rings. The van der Waals surface area contributed by atoms with Gasteiger partial charge in [0, 0.05) is 0 Å². The monoisotopic (exact) mass is 566 g/mol. The zero-order chi connectivity index (χ0) is 27.8. The molecule has 2 aromatic carbocycles. The number of hydrogen-bond donors (Lipinski definition) is 0. The molecule has 2 heterocycles. The minimum absolute atomic E-state index is 0.197. The molecular weight excluding hydrogens is 527 g/mol. The Labute approximate surface area is 230 Å². The fourth-order valence-electron chi connectivity index (χ4n) is 4.79. The Balaban J connectivity index is 1.61. The van der Waals surface area contributed by atoms with Crippen LogP contribution in [0.15, 0.2) is 24.3 Å². The van der Waals surface area contributed by atoms with Crippen molar-refractivity contribution in [1.82, 2.24) is 0 Å². The summed E-state index contributed by atoms with van der Waals surface area (Å²) < 4.78 is 64.0. The van der Waals surface area contributed by atoms with E-state index in [1.165, 1.54) is 7.11 Å². The normalized spacial score (nSPS) is 20.0. The SMILES string of the molecule is CCCCCCOc1cc([C@H]2CC[C@H](c3cc(OC)c(OC)c(OC)c3)O2)cc(OP2(=O)OCCO2)c1OC. The number of phosphoric acid groups is 1. The summed E-state index contributed by atoms with van der Waals surface area (Å²) >= 11 is 0. The number of phosphoric ester groups is 1. The van der Waals surface area contributed by atoms with Crippen LogP contribution in [0.4, 0.5) is 0 Å². The summed E-state index contributed by atoms with van der Waals surface area (Å²) in [6.07, 6.45) is 5.30. The van der Waals surface area contributed by atoms with E-state index in [-0.39, 0.29) is 31.2 Å². The lowest BCUT2D eigenvalue weighted by molar-refractivity contribution is 0.0435. The Bertz CT molecular complexity index is 1120. The summed E-state index contributed by atoms with van der Waals surface area (Å²) in [5.41, 5.74) is 1.73. The van der Waals surface area contributed by atoms with Crippen LogP contribution in [0.2, 0.25) is 0 Å². The van der Waals surface area contributed by atoms with Crippen LogP contribution in [0, 0.1) is 0 Å². The van der Waals surface area contributed by atoms with Crippen molar-refractivity contribution in [3.63, 3.8) is 0 Å². The van der Waals surface area contributed by atoms with Gasteiger partial charge in [-0.1, -0.05) is 26.2 Å². The second kappa shape index (κ2) is 13.6. The maximum Gasteiger partial charge on any atom is 0.530 e. The van der Waals surface area contributed by atoms with E-state index in [9.17, 15) is 4.57 Å². The van der Waals surface area contributed by atoms with Crippen LogP contribution in [0.25, 0.3) is 0 Å². The molecule has 0 saturated carbocycles.